The first-order chi connectivity index (χ1) is 21.3. The molecule has 0 atom stereocenters. The fourth-order valence-electron chi connectivity index (χ4n) is 5.22. The van der Waals surface area contributed by atoms with E-state index in [1.807, 2.05) is 69.3 Å². The summed E-state index contributed by atoms with van der Waals surface area (Å²) in [6.45, 7) is 5.65. The van der Waals surface area contributed by atoms with Crippen molar-refractivity contribution in [2.75, 3.05) is 0 Å². The van der Waals surface area contributed by atoms with Crippen LogP contribution in [-0.2, 0) is 16.0 Å². The highest BCUT2D eigenvalue weighted by Gasteiger charge is 2.16. The van der Waals surface area contributed by atoms with E-state index in [9.17, 15) is 4.79 Å². The Balaban J connectivity index is 1.30. The van der Waals surface area contributed by atoms with Gasteiger partial charge in [0.05, 0.1) is 23.5 Å². The van der Waals surface area contributed by atoms with Crippen LogP contribution in [0.3, 0.4) is 0 Å². The normalized spacial score (nSPS) is 11.2. The van der Waals surface area contributed by atoms with Crippen LogP contribution in [0.25, 0.3) is 56.0 Å². The summed E-state index contributed by atoms with van der Waals surface area (Å²) < 4.78 is 5.48. The van der Waals surface area contributed by atoms with E-state index >= 15 is 0 Å². The molecule has 0 unspecified atom stereocenters. The van der Waals surface area contributed by atoms with Crippen molar-refractivity contribution in [3.05, 3.63) is 145 Å². The summed E-state index contributed by atoms with van der Waals surface area (Å²) in [6, 6.07) is 45.7. The molecule has 0 amide bonds. The quantitative estimate of drug-likeness (QED) is 0.178. The number of aromatic nitrogens is 2. The fraction of sp³-hybridized carbons (Fsp3) is 0.125. The SMILES string of the molecule is CC(C)(C)OC(=O)Cc1ccc(-c2cccc(-c3cccc(-c4cc(-c5ccccc5)nc(-c5ccccn5)c4)c3)c2)cc1. The average molecular weight is 575 g/mol. The second kappa shape index (κ2) is 12.5. The van der Waals surface area contributed by atoms with Gasteiger partial charge in [-0.25, -0.2) is 4.98 Å². The van der Waals surface area contributed by atoms with Crippen LogP contribution in [0.5, 0.6) is 0 Å². The average Bonchev–Trinajstić information content (AvgIpc) is 3.05. The molecule has 0 bridgehead atoms. The van der Waals surface area contributed by atoms with E-state index in [4.69, 9.17) is 9.72 Å². The van der Waals surface area contributed by atoms with Gasteiger partial charge in [-0.05, 0) is 96.1 Å². The summed E-state index contributed by atoms with van der Waals surface area (Å²) in [5.41, 5.74) is 10.8. The predicted octanol–water partition coefficient (Wildman–Crippen LogP) is 9.70. The second-order valence-corrected chi connectivity index (χ2v) is 11.8. The molecule has 0 saturated heterocycles. The number of carbonyl (C=O) groups excluding carboxylic acids is 1. The Bertz CT molecular complexity index is 1830. The van der Waals surface area contributed by atoms with Crippen molar-refractivity contribution in [3.8, 4) is 56.0 Å². The van der Waals surface area contributed by atoms with Gasteiger partial charge in [0.25, 0.3) is 0 Å². The van der Waals surface area contributed by atoms with Crippen molar-refractivity contribution < 1.29 is 9.53 Å². The molecule has 0 N–H and O–H groups in total. The lowest BCUT2D eigenvalue weighted by molar-refractivity contribution is -0.153. The molecule has 0 saturated carbocycles. The molecule has 0 aliphatic heterocycles. The summed E-state index contributed by atoms with van der Waals surface area (Å²) in [5.74, 6) is -0.218. The van der Waals surface area contributed by atoms with Crippen LogP contribution in [0.4, 0.5) is 0 Å². The molecular weight excluding hydrogens is 540 g/mol. The number of hydrogen-bond acceptors (Lipinski definition) is 4. The lowest BCUT2D eigenvalue weighted by Crippen LogP contribution is -2.24. The van der Waals surface area contributed by atoms with E-state index < -0.39 is 5.60 Å². The molecule has 0 spiro atoms. The smallest absolute Gasteiger partial charge is 0.310 e. The first kappa shape index (κ1) is 28.8. The number of pyridine rings is 2. The minimum absolute atomic E-state index is 0.218. The molecule has 4 heteroatoms. The van der Waals surface area contributed by atoms with Gasteiger partial charge < -0.3 is 4.74 Å². The van der Waals surface area contributed by atoms with E-state index in [2.05, 4.69) is 89.9 Å². The molecule has 4 aromatic carbocycles. The second-order valence-electron chi connectivity index (χ2n) is 11.8. The number of hydrogen-bond donors (Lipinski definition) is 0. The third kappa shape index (κ3) is 6.99. The van der Waals surface area contributed by atoms with Crippen LogP contribution in [0.2, 0.25) is 0 Å². The van der Waals surface area contributed by atoms with Crippen molar-refractivity contribution in [3.63, 3.8) is 0 Å². The lowest BCUT2D eigenvalue weighted by atomic mass is 9.95. The number of ether oxygens (including phenoxy) is 1. The maximum absolute atomic E-state index is 12.3. The maximum atomic E-state index is 12.3. The molecule has 0 aliphatic carbocycles. The van der Waals surface area contributed by atoms with Crippen molar-refractivity contribution in [1.29, 1.82) is 0 Å². The zero-order valence-electron chi connectivity index (χ0n) is 25.2. The van der Waals surface area contributed by atoms with Crippen LogP contribution in [0.15, 0.2) is 140 Å². The van der Waals surface area contributed by atoms with Crippen molar-refractivity contribution in [2.24, 2.45) is 0 Å². The molecule has 216 valence electrons. The van der Waals surface area contributed by atoms with Crippen LogP contribution in [-0.4, -0.2) is 21.5 Å². The highest BCUT2D eigenvalue weighted by Crippen LogP contribution is 2.33. The highest BCUT2D eigenvalue weighted by atomic mass is 16.6. The monoisotopic (exact) mass is 574 g/mol. The van der Waals surface area contributed by atoms with Crippen LogP contribution in [0, 0.1) is 0 Å². The Morgan fingerprint density at radius 3 is 1.73 bits per heavy atom. The van der Waals surface area contributed by atoms with E-state index in [1.165, 1.54) is 0 Å². The van der Waals surface area contributed by atoms with Crippen molar-refractivity contribution >= 4 is 5.97 Å². The molecule has 44 heavy (non-hydrogen) atoms. The molecule has 6 rings (SSSR count). The Hall–Kier alpha value is -5.35. The van der Waals surface area contributed by atoms with Crippen molar-refractivity contribution in [1.82, 2.24) is 9.97 Å². The molecule has 0 radical (unpaired) electrons. The third-order valence-corrected chi connectivity index (χ3v) is 7.27. The summed E-state index contributed by atoms with van der Waals surface area (Å²) in [7, 11) is 0. The zero-order chi connectivity index (χ0) is 30.5. The van der Waals surface area contributed by atoms with E-state index in [0.29, 0.717) is 0 Å². The number of nitrogens with zero attached hydrogens (tertiary/aromatic N) is 2. The predicted molar refractivity (Wildman–Crippen MR) is 179 cm³/mol. The summed E-state index contributed by atoms with van der Waals surface area (Å²) >= 11 is 0. The van der Waals surface area contributed by atoms with Gasteiger partial charge in [0.1, 0.15) is 5.60 Å². The largest absolute Gasteiger partial charge is 0.460 e. The van der Waals surface area contributed by atoms with E-state index in [-0.39, 0.29) is 12.4 Å². The lowest BCUT2D eigenvalue weighted by Gasteiger charge is -2.19. The van der Waals surface area contributed by atoms with Crippen molar-refractivity contribution in [2.45, 2.75) is 32.8 Å². The van der Waals surface area contributed by atoms with E-state index in [1.54, 1.807) is 6.20 Å². The number of esters is 1. The number of benzene rings is 4. The molecule has 0 aliphatic rings. The Kier molecular flexibility index (Phi) is 8.16. The minimum atomic E-state index is -0.488. The van der Waals surface area contributed by atoms with Gasteiger partial charge in [0.2, 0.25) is 0 Å². The van der Waals surface area contributed by atoms with Gasteiger partial charge >= 0.3 is 5.97 Å². The topological polar surface area (TPSA) is 52.1 Å². The van der Waals surface area contributed by atoms with Crippen LogP contribution >= 0.6 is 0 Å². The van der Waals surface area contributed by atoms with Crippen LogP contribution in [0.1, 0.15) is 26.3 Å². The summed E-state index contributed by atoms with van der Waals surface area (Å²) in [5, 5.41) is 0. The Labute approximate surface area is 259 Å². The molecular formula is C40H34N2O2. The Morgan fingerprint density at radius 1 is 0.545 bits per heavy atom. The highest BCUT2D eigenvalue weighted by molar-refractivity contribution is 5.80. The summed E-state index contributed by atoms with van der Waals surface area (Å²) in [6.07, 6.45) is 2.06. The number of carbonyl (C=O) groups is 1. The zero-order valence-corrected chi connectivity index (χ0v) is 25.2. The third-order valence-electron chi connectivity index (χ3n) is 7.27. The standard InChI is InChI=1S/C40H34N2O2/c1-40(2,3)44-39(43)23-28-18-20-29(21-19-28)31-13-9-14-32(24-31)33-15-10-16-34(25-33)35-26-37(30-11-5-4-6-12-30)42-38(27-35)36-17-7-8-22-41-36/h4-22,24-27H,23H2,1-3H3. The maximum Gasteiger partial charge on any atom is 0.310 e. The Morgan fingerprint density at radius 2 is 1.11 bits per heavy atom. The molecule has 6 aromatic rings. The summed E-state index contributed by atoms with van der Waals surface area (Å²) in [4.78, 5) is 21.8. The minimum Gasteiger partial charge on any atom is -0.460 e. The van der Waals surface area contributed by atoms with Gasteiger partial charge in [-0.1, -0.05) is 97.1 Å². The van der Waals surface area contributed by atoms with Gasteiger partial charge in [-0.2, -0.15) is 0 Å². The first-order valence-electron chi connectivity index (χ1n) is 14.8. The van der Waals surface area contributed by atoms with Crippen LogP contribution < -0.4 is 0 Å². The molecule has 2 aromatic heterocycles. The van der Waals surface area contributed by atoms with Gasteiger partial charge in [0, 0.05) is 11.8 Å². The van der Waals surface area contributed by atoms with E-state index in [0.717, 1.165) is 61.6 Å². The molecule has 4 nitrogen and oxygen atoms in total. The number of rotatable bonds is 7. The van der Waals surface area contributed by atoms with Gasteiger partial charge in [-0.3, -0.25) is 9.78 Å². The fourth-order valence-corrected chi connectivity index (χ4v) is 5.22. The van der Waals surface area contributed by atoms with Gasteiger partial charge in [-0.15, -0.1) is 0 Å². The first-order valence-corrected chi connectivity index (χ1v) is 14.8. The molecule has 0 fully saturated rings. The molecule has 2 heterocycles. The van der Waals surface area contributed by atoms with Gasteiger partial charge in [0.15, 0.2) is 0 Å².